The van der Waals surface area contributed by atoms with Crippen molar-refractivity contribution in [2.45, 2.75) is 56.9 Å². The maximum atomic E-state index is 14.0. The van der Waals surface area contributed by atoms with E-state index in [1.54, 1.807) is 0 Å². The van der Waals surface area contributed by atoms with Gasteiger partial charge in [-0.05, 0) is 40.7 Å². The third kappa shape index (κ3) is 5.12. The summed E-state index contributed by atoms with van der Waals surface area (Å²) in [6.07, 6.45) is 1.07. The first kappa shape index (κ1) is 21.5. The fourth-order valence-electron chi connectivity index (χ4n) is 2.79. The van der Waals surface area contributed by atoms with Crippen LogP contribution in [0, 0.1) is 5.82 Å². The van der Waals surface area contributed by atoms with Crippen LogP contribution < -0.4 is 4.72 Å². The highest BCUT2D eigenvalue weighted by molar-refractivity contribution is 7.92. The molecule has 0 aliphatic rings. The van der Waals surface area contributed by atoms with Gasteiger partial charge in [0.15, 0.2) is 0 Å². The molecule has 0 fully saturated rings. The van der Waals surface area contributed by atoms with E-state index in [-0.39, 0.29) is 35.0 Å². The topological polar surface area (TPSA) is 96.4 Å². The van der Waals surface area contributed by atoms with Gasteiger partial charge in [-0.25, -0.2) is 14.1 Å². The lowest BCUT2D eigenvalue weighted by Gasteiger charge is -2.19. The van der Waals surface area contributed by atoms with Crippen molar-refractivity contribution in [2.24, 2.45) is 0 Å². The number of thiazole rings is 1. The molecule has 0 aliphatic carbocycles. The highest BCUT2D eigenvalue weighted by Crippen LogP contribution is 2.29. The van der Waals surface area contributed by atoms with Crippen molar-refractivity contribution in [3.63, 3.8) is 0 Å². The minimum absolute atomic E-state index is 0.0244. The predicted octanol–water partition coefficient (Wildman–Crippen LogP) is 3.07. The van der Waals surface area contributed by atoms with E-state index < -0.39 is 15.9 Å². The highest BCUT2D eigenvalue weighted by atomic mass is 32.2. The van der Waals surface area contributed by atoms with E-state index in [0.29, 0.717) is 21.6 Å². The monoisotopic (exact) mass is 414 g/mol. The summed E-state index contributed by atoms with van der Waals surface area (Å²) in [5, 5.41) is 9.04. The van der Waals surface area contributed by atoms with Crippen molar-refractivity contribution in [3.8, 4) is 0 Å². The molecule has 0 bridgehead atoms. The molecule has 0 saturated carbocycles. The Morgan fingerprint density at radius 1 is 1.22 bits per heavy atom. The zero-order chi connectivity index (χ0) is 20.4. The van der Waals surface area contributed by atoms with Crippen LogP contribution in [0.15, 0.2) is 22.7 Å². The van der Waals surface area contributed by atoms with Gasteiger partial charge in [0.2, 0.25) is 10.2 Å². The molecule has 0 aliphatic heterocycles. The van der Waals surface area contributed by atoms with Crippen molar-refractivity contribution < 1.29 is 22.7 Å². The molecule has 1 aromatic carbocycles. The van der Waals surface area contributed by atoms with Crippen LogP contribution in [0.5, 0.6) is 0 Å². The summed E-state index contributed by atoms with van der Waals surface area (Å²) >= 11 is 0.793. The minimum atomic E-state index is -4.12. The van der Waals surface area contributed by atoms with Crippen molar-refractivity contribution in [3.05, 3.63) is 45.7 Å². The number of benzene rings is 1. The summed E-state index contributed by atoms with van der Waals surface area (Å²) in [6, 6.07) is 2.78. The fourth-order valence-corrected chi connectivity index (χ4v) is 4.83. The molecule has 0 saturated heterocycles. The van der Waals surface area contributed by atoms with Crippen LogP contribution in [0.25, 0.3) is 0 Å². The Labute approximate surface area is 162 Å². The molecule has 2 aromatic rings. The second-order valence-corrected chi connectivity index (χ2v) is 9.80. The van der Waals surface area contributed by atoms with Gasteiger partial charge in [-0.2, -0.15) is 8.42 Å². The summed E-state index contributed by atoms with van der Waals surface area (Å²) in [5.41, 5.74) is 2.01. The molecule has 2 rings (SSSR count). The lowest BCUT2D eigenvalue weighted by atomic mass is 9.87. The molecule has 1 heterocycles. The predicted molar refractivity (Wildman–Crippen MR) is 102 cm³/mol. The molecular formula is C18H23FN2O4S2. The third-order valence-electron chi connectivity index (χ3n) is 4.03. The fraction of sp³-hybridized carbons (Fsp3) is 0.444. The molecule has 1 amide bonds. The normalized spacial score (nSPS) is 12.0. The number of hydrogen-bond acceptors (Lipinski definition) is 6. The third-order valence-corrected chi connectivity index (χ3v) is 6.78. The largest absolute Gasteiger partial charge is 0.391 e. The first-order valence-electron chi connectivity index (χ1n) is 8.48. The number of halogens is 1. The van der Waals surface area contributed by atoms with Gasteiger partial charge >= 0.3 is 0 Å². The number of aliphatic hydroxyl groups excluding tert-OH is 1. The van der Waals surface area contributed by atoms with Crippen LogP contribution in [0.4, 0.5) is 4.39 Å². The first-order valence-corrected chi connectivity index (χ1v) is 10.8. The molecule has 9 heteroatoms. The van der Waals surface area contributed by atoms with Gasteiger partial charge < -0.3 is 5.11 Å². The van der Waals surface area contributed by atoms with Gasteiger partial charge in [0, 0.05) is 6.20 Å². The number of amides is 1. The van der Waals surface area contributed by atoms with Crippen molar-refractivity contribution in [2.75, 3.05) is 0 Å². The molecule has 6 nitrogen and oxygen atoms in total. The highest BCUT2D eigenvalue weighted by Gasteiger charge is 2.24. The Bertz CT molecular complexity index is 908. The van der Waals surface area contributed by atoms with Crippen LogP contribution in [-0.2, 0) is 27.8 Å². The number of hydrogen-bond donors (Lipinski definition) is 2. The number of nitrogens with zero attached hydrogens (tertiary/aromatic N) is 1. The van der Waals surface area contributed by atoms with E-state index in [1.165, 1.54) is 18.3 Å². The number of sulfonamides is 1. The Morgan fingerprint density at radius 2 is 1.78 bits per heavy atom. The molecule has 1 aromatic heterocycles. The van der Waals surface area contributed by atoms with Crippen LogP contribution in [0.1, 0.15) is 61.1 Å². The van der Waals surface area contributed by atoms with Crippen molar-refractivity contribution in [1.82, 2.24) is 9.71 Å². The maximum Gasteiger partial charge on any atom is 0.291 e. The summed E-state index contributed by atoms with van der Waals surface area (Å²) in [6.45, 7) is 7.24. The van der Waals surface area contributed by atoms with Crippen molar-refractivity contribution >= 4 is 27.3 Å². The van der Waals surface area contributed by atoms with Gasteiger partial charge in [-0.3, -0.25) is 4.79 Å². The van der Waals surface area contributed by atoms with Crippen LogP contribution in [0.2, 0.25) is 0 Å². The molecule has 0 radical (unpaired) electrons. The van der Waals surface area contributed by atoms with Crippen molar-refractivity contribution in [1.29, 1.82) is 0 Å². The number of carbonyl (C=O) groups is 1. The Kier molecular flexibility index (Phi) is 6.72. The zero-order valence-electron chi connectivity index (χ0n) is 15.6. The SMILES string of the molecule is CC(C)c1cc(F)cc(C(C)C)c1CC(=O)NS(=O)(=O)c1ncc(CO)s1. The molecule has 0 spiro atoms. The number of aliphatic hydroxyl groups is 1. The summed E-state index contributed by atoms with van der Waals surface area (Å²) in [5.74, 6) is -1.14. The quantitative estimate of drug-likeness (QED) is 0.726. The van der Waals surface area contributed by atoms with Crippen LogP contribution in [-0.4, -0.2) is 24.4 Å². The van der Waals surface area contributed by atoms with E-state index in [1.807, 2.05) is 32.4 Å². The lowest BCUT2D eigenvalue weighted by molar-refractivity contribution is -0.118. The minimum Gasteiger partial charge on any atom is -0.391 e. The number of aromatic nitrogens is 1. The van der Waals surface area contributed by atoms with E-state index in [4.69, 9.17) is 5.11 Å². The standard InChI is InChI=1S/C18H23FN2O4S2/c1-10(2)14-5-12(19)6-15(11(3)4)16(14)7-17(23)21-27(24,25)18-20-8-13(9-22)26-18/h5-6,8,10-11,22H,7,9H2,1-4H3,(H,21,23). The first-order chi connectivity index (χ1) is 12.5. The smallest absolute Gasteiger partial charge is 0.291 e. The number of carbonyl (C=O) groups excluding carboxylic acids is 1. The molecule has 27 heavy (non-hydrogen) atoms. The van der Waals surface area contributed by atoms with E-state index in [0.717, 1.165) is 11.3 Å². The molecule has 0 unspecified atom stereocenters. The lowest BCUT2D eigenvalue weighted by Crippen LogP contribution is -2.32. The molecule has 2 N–H and O–H groups in total. The Morgan fingerprint density at radius 3 is 2.22 bits per heavy atom. The second-order valence-electron chi connectivity index (χ2n) is 6.83. The molecule has 0 atom stereocenters. The van der Waals surface area contributed by atoms with Crippen LogP contribution >= 0.6 is 11.3 Å². The van der Waals surface area contributed by atoms with E-state index in [2.05, 4.69) is 4.98 Å². The summed E-state index contributed by atoms with van der Waals surface area (Å²) in [7, 11) is -4.12. The zero-order valence-corrected chi connectivity index (χ0v) is 17.2. The number of rotatable bonds is 7. The molecular weight excluding hydrogens is 391 g/mol. The van der Waals surface area contributed by atoms with E-state index >= 15 is 0 Å². The van der Waals surface area contributed by atoms with Gasteiger partial charge in [-0.15, -0.1) is 11.3 Å². The van der Waals surface area contributed by atoms with Gasteiger partial charge in [-0.1, -0.05) is 27.7 Å². The second kappa shape index (κ2) is 8.45. The Balaban J connectivity index is 2.32. The summed E-state index contributed by atoms with van der Waals surface area (Å²) < 4.78 is 40.4. The number of nitrogens with one attached hydrogen (secondary N) is 1. The molecule has 148 valence electrons. The average molecular weight is 415 g/mol. The van der Waals surface area contributed by atoms with E-state index in [9.17, 15) is 17.6 Å². The Hall–Kier alpha value is -1.84. The van der Waals surface area contributed by atoms with Gasteiger partial charge in [0.1, 0.15) is 5.82 Å². The van der Waals surface area contributed by atoms with Crippen LogP contribution in [0.3, 0.4) is 0 Å². The summed E-state index contributed by atoms with van der Waals surface area (Å²) in [4.78, 5) is 16.6. The van der Waals surface area contributed by atoms with Gasteiger partial charge in [0.25, 0.3) is 10.0 Å². The van der Waals surface area contributed by atoms with Gasteiger partial charge in [0.05, 0.1) is 17.9 Å². The average Bonchev–Trinajstić information content (AvgIpc) is 3.05. The maximum absolute atomic E-state index is 14.0.